The molecule has 1 heterocycles. The van der Waals surface area contributed by atoms with E-state index in [1.54, 1.807) is 6.08 Å². The Morgan fingerprint density at radius 1 is 1.19 bits per heavy atom. The lowest BCUT2D eigenvalue weighted by Gasteiger charge is -2.34. The molecule has 0 radical (unpaired) electrons. The summed E-state index contributed by atoms with van der Waals surface area (Å²) >= 11 is 0. The Bertz CT molecular complexity index is 979. The lowest BCUT2D eigenvalue weighted by atomic mass is 9.91. The number of carbonyl (C=O) groups excluding carboxylic acids is 1. The number of nitro benzene ring substituents is 1. The van der Waals surface area contributed by atoms with Crippen molar-refractivity contribution in [1.82, 2.24) is 0 Å². The monoisotopic (exact) mass is 368 g/mol. The van der Waals surface area contributed by atoms with E-state index in [2.05, 4.69) is 5.32 Å². The Balaban J connectivity index is 1.92. The number of hydrogen-bond acceptors (Lipinski definition) is 5. The SMILES string of the molecule is Cc1cc(C)c2c(c1C)OC(C)(C(=O)Nc1ccc([N+](=O)[O-])cc1)C(O)=C2. The smallest absolute Gasteiger partial charge is 0.276 e. The van der Waals surface area contributed by atoms with Gasteiger partial charge in [-0.3, -0.25) is 14.9 Å². The van der Waals surface area contributed by atoms with E-state index in [1.165, 1.54) is 31.2 Å². The third-order valence-electron chi connectivity index (χ3n) is 4.88. The van der Waals surface area contributed by atoms with Crippen LogP contribution in [0.4, 0.5) is 11.4 Å². The van der Waals surface area contributed by atoms with Crippen molar-refractivity contribution in [2.24, 2.45) is 0 Å². The molecule has 0 aromatic heterocycles. The lowest BCUT2D eigenvalue weighted by Crippen LogP contribution is -2.48. The number of nitrogens with zero attached hydrogens (tertiary/aromatic N) is 1. The Morgan fingerprint density at radius 2 is 1.81 bits per heavy atom. The molecule has 2 aromatic carbocycles. The van der Waals surface area contributed by atoms with Crippen molar-refractivity contribution in [1.29, 1.82) is 0 Å². The minimum Gasteiger partial charge on any atom is -0.507 e. The Morgan fingerprint density at radius 3 is 2.41 bits per heavy atom. The van der Waals surface area contributed by atoms with Gasteiger partial charge >= 0.3 is 0 Å². The number of aliphatic hydroxyl groups is 1. The second-order valence-electron chi connectivity index (χ2n) is 6.80. The number of nitrogens with one attached hydrogen (secondary N) is 1. The van der Waals surface area contributed by atoms with Crippen LogP contribution in [-0.4, -0.2) is 21.5 Å². The molecule has 1 atom stereocenters. The van der Waals surface area contributed by atoms with E-state index in [9.17, 15) is 20.0 Å². The Labute approximate surface area is 156 Å². The number of aryl methyl sites for hydroxylation is 2. The maximum absolute atomic E-state index is 12.8. The van der Waals surface area contributed by atoms with Crippen molar-refractivity contribution >= 4 is 23.4 Å². The highest BCUT2D eigenvalue weighted by Gasteiger charge is 2.44. The van der Waals surface area contributed by atoms with Crippen LogP contribution >= 0.6 is 0 Å². The van der Waals surface area contributed by atoms with Gasteiger partial charge in [-0.25, -0.2) is 0 Å². The molecule has 2 aromatic rings. The van der Waals surface area contributed by atoms with Gasteiger partial charge in [-0.05, 0) is 62.6 Å². The van der Waals surface area contributed by atoms with Gasteiger partial charge in [0.1, 0.15) is 11.5 Å². The minimum absolute atomic E-state index is 0.0774. The number of anilines is 1. The molecular weight excluding hydrogens is 348 g/mol. The Hall–Kier alpha value is -3.35. The van der Waals surface area contributed by atoms with Gasteiger partial charge < -0.3 is 15.2 Å². The largest absolute Gasteiger partial charge is 0.507 e. The minimum atomic E-state index is -1.61. The van der Waals surface area contributed by atoms with Gasteiger partial charge in [0.2, 0.25) is 5.60 Å². The molecule has 3 rings (SSSR count). The number of amides is 1. The lowest BCUT2D eigenvalue weighted by molar-refractivity contribution is -0.384. The highest BCUT2D eigenvalue weighted by atomic mass is 16.6. The molecule has 0 fully saturated rings. The van der Waals surface area contributed by atoms with Crippen molar-refractivity contribution in [3.8, 4) is 5.75 Å². The third kappa shape index (κ3) is 3.12. The van der Waals surface area contributed by atoms with E-state index in [0.717, 1.165) is 22.3 Å². The molecule has 1 aliphatic heterocycles. The molecule has 7 nitrogen and oxygen atoms in total. The average Bonchev–Trinajstić information content (AvgIpc) is 2.62. The highest BCUT2D eigenvalue weighted by Crippen LogP contribution is 2.40. The number of nitro groups is 1. The first-order valence-corrected chi connectivity index (χ1v) is 8.40. The van der Waals surface area contributed by atoms with Crippen LogP contribution in [0.25, 0.3) is 6.08 Å². The number of fused-ring (bicyclic) bond motifs is 1. The topological polar surface area (TPSA) is 102 Å². The van der Waals surface area contributed by atoms with Crippen LogP contribution in [0.1, 0.15) is 29.2 Å². The summed E-state index contributed by atoms with van der Waals surface area (Å²) < 4.78 is 5.98. The summed E-state index contributed by atoms with van der Waals surface area (Å²) in [5.41, 5.74) is 2.29. The third-order valence-corrected chi connectivity index (χ3v) is 4.88. The number of benzene rings is 2. The summed E-state index contributed by atoms with van der Waals surface area (Å²) in [6, 6.07) is 7.44. The first kappa shape index (κ1) is 18.4. The molecule has 1 amide bonds. The van der Waals surface area contributed by atoms with E-state index in [-0.39, 0.29) is 11.4 Å². The standard InChI is InChI=1S/C20H20N2O5/c1-11-9-12(2)16-10-17(23)20(4,27-18(16)13(11)3)19(24)21-14-5-7-15(8-6-14)22(25)26/h5-10,23H,1-4H3,(H,21,24). The maximum Gasteiger partial charge on any atom is 0.276 e. The second-order valence-corrected chi connectivity index (χ2v) is 6.80. The number of rotatable bonds is 3. The number of aliphatic hydroxyl groups excluding tert-OH is 1. The van der Waals surface area contributed by atoms with E-state index in [4.69, 9.17) is 4.74 Å². The molecule has 0 saturated carbocycles. The van der Waals surface area contributed by atoms with Crippen molar-refractivity contribution in [3.63, 3.8) is 0 Å². The molecule has 0 spiro atoms. The molecule has 27 heavy (non-hydrogen) atoms. The normalized spacial score (nSPS) is 18.1. The average molecular weight is 368 g/mol. The van der Waals surface area contributed by atoms with Crippen LogP contribution in [0.3, 0.4) is 0 Å². The van der Waals surface area contributed by atoms with Crippen molar-refractivity contribution in [3.05, 3.63) is 68.5 Å². The summed E-state index contributed by atoms with van der Waals surface area (Å²) in [7, 11) is 0. The van der Waals surface area contributed by atoms with Crippen LogP contribution in [0.2, 0.25) is 0 Å². The zero-order valence-corrected chi connectivity index (χ0v) is 15.5. The summed E-state index contributed by atoms with van der Waals surface area (Å²) in [4.78, 5) is 23.1. The molecule has 1 unspecified atom stereocenters. The zero-order chi connectivity index (χ0) is 19.9. The quantitative estimate of drug-likeness (QED) is 0.624. The second kappa shape index (κ2) is 6.42. The maximum atomic E-state index is 12.8. The number of ether oxygens (including phenoxy) is 1. The first-order valence-electron chi connectivity index (χ1n) is 8.40. The molecule has 7 heteroatoms. The van der Waals surface area contributed by atoms with Crippen molar-refractivity contribution in [2.45, 2.75) is 33.3 Å². The predicted molar refractivity (Wildman–Crippen MR) is 102 cm³/mol. The number of hydrogen-bond donors (Lipinski definition) is 2. The molecule has 140 valence electrons. The Kier molecular flexibility index (Phi) is 4.39. The zero-order valence-electron chi connectivity index (χ0n) is 15.5. The van der Waals surface area contributed by atoms with Crippen LogP contribution in [0, 0.1) is 30.9 Å². The molecule has 0 saturated heterocycles. The van der Waals surface area contributed by atoms with Gasteiger partial charge in [0.15, 0.2) is 0 Å². The van der Waals surface area contributed by atoms with Crippen LogP contribution in [0.15, 0.2) is 36.1 Å². The number of carbonyl (C=O) groups is 1. The van der Waals surface area contributed by atoms with Crippen LogP contribution in [0.5, 0.6) is 5.75 Å². The molecule has 0 bridgehead atoms. The van der Waals surface area contributed by atoms with E-state index < -0.39 is 16.4 Å². The van der Waals surface area contributed by atoms with Crippen molar-refractivity contribution < 1.29 is 19.6 Å². The molecule has 0 aliphatic carbocycles. The van der Waals surface area contributed by atoms with Gasteiger partial charge in [-0.2, -0.15) is 0 Å². The van der Waals surface area contributed by atoms with Gasteiger partial charge in [-0.15, -0.1) is 0 Å². The summed E-state index contributed by atoms with van der Waals surface area (Å²) in [5, 5.41) is 23.9. The summed E-state index contributed by atoms with van der Waals surface area (Å²) in [5.74, 6) is -0.221. The van der Waals surface area contributed by atoms with Crippen LogP contribution in [-0.2, 0) is 4.79 Å². The molecule has 1 aliphatic rings. The predicted octanol–water partition coefficient (Wildman–Crippen LogP) is 4.21. The van der Waals surface area contributed by atoms with E-state index >= 15 is 0 Å². The van der Waals surface area contributed by atoms with Crippen LogP contribution < -0.4 is 10.1 Å². The summed E-state index contributed by atoms with van der Waals surface area (Å²) in [6.07, 6.45) is 1.55. The van der Waals surface area contributed by atoms with Gasteiger partial charge in [0.05, 0.1) is 4.92 Å². The van der Waals surface area contributed by atoms with Gasteiger partial charge in [0.25, 0.3) is 11.6 Å². The fourth-order valence-corrected chi connectivity index (χ4v) is 2.99. The van der Waals surface area contributed by atoms with Gasteiger partial charge in [0, 0.05) is 23.4 Å². The molecular formula is C20H20N2O5. The van der Waals surface area contributed by atoms with Crippen molar-refractivity contribution in [2.75, 3.05) is 5.32 Å². The fourth-order valence-electron chi connectivity index (χ4n) is 2.99. The molecule has 2 N–H and O–H groups in total. The number of non-ortho nitro benzene ring substituents is 1. The highest BCUT2D eigenvalue weighted by molar-refractivity contribution is 6.01. The summed E-state index contributed by atoms with van der Waals surface area (Å²) in [6.45, 7) is 7.26. The van der Waals surface area contributed by atoms with E-state index in [0.29, 0.717) is 11.4 Å². The first-order chi connectivity index (χ1) is 12.6. The fraction of sp³-hybridized carbons (Fsp3) is 0.250. The van der Waals surface area contributed by atoms with Gasteiger partial charge in [-0.1, -0.05) is 6.07 Å². The van der Waals surface area contributed by atoms with E-state index in [1.807, 2.05) is 26.8 Å².